The molecule has 0 unspecified atom stereocenters. The molecule has 0 aromatic carbocycles. The largest absolute Gasteiger partial charge is 0.243 e. The summed E-state index contributed by atoms with van der Waals surface area (Å²) < 4.78 is 0. The summed E-state index contributed by atoms with van der Waals surface area (Å²) in [7, 11) is 0. The fourth-order valence-corrected chi connectivity index (χ4v) is 5.88. The molecular formula is C40H58N8. The molecule has 0 fully saturated rings. The van der Waals surface area contributed by atoms with E-state index >= 15 is 0 Å². The highest BCUT2D eigenvalue weighted by atomic mass is 15.2. The van der Waals surface area contributed by atoms with Crippen LogP contribution in [-0.4, -0.2) is 40.3 Å². The van der Waals surface area contributed by atoms with Gasteiger partial charge in [0.05, 0.1) is 34.2 Å². The van der Waals surface area contributed by atoms with Crippen molar-refractivity contribution >= 4 is 0 Å². The Balaban J connectivity index is 1.59. The third-order valence-corrected chi connectivity index (χ3v) is 8.68. The Kier molecular flexibility index (Phi) is 14.5. The first-order chi connectivity index (χ1) is 23.1. The topological polar surface area (TPSA) is 103 Å². The Morgan fingerprint density at radius 1 is 0.375 bits per heavy atom. The molecule has 0 saturated carbocycles. The van der Waals surface area contributed by atoms with Gasteiger partial charge < -0.3 is 0 Å². The molecule has 0 N–H and O–H groups in total. The van der Waals surface area contributed by atoms with Gasteiger partial charge in [-0.15, -0.1) is 10.2 Å². The lowest BCUT2D eigenvalue weighted by atomic mass is 10.0. The Morgan fingerprint density at radius 3 is 1.02 bits per heavy atom. The van der Waals surface area contributed by atoms with E-state index in [4.69, 9.17) is 19.9 Å². The van der Waals surface area contributed by atoms with Crippen molar-refractivity contribution in [2.45, 2.75) is 132 Å². The van der Waals surface area contributed by atoms with Crippen LogP contribution in [0.3, 0.4) is 0 Å². The number of nitrogens with zero attached hydrogens (tertiary/aromatic N) is 8. The molecule has 0 radical (unpaired) electrons. The van der Waals surface area contributed by atoms with Gasteiger partial charge in [0, 0.05) is 0 Å². The SMILES string of the molecule is CC(C)CCCc1nnc(-c2cccc(-c3cccc(-c4nnc(CCCC(C)C)c(CCCC(C)C)n4)n3)n2)nc1CCCC(C)C. The van der Waals surface area contributed by atoms with Crippen LogP contribution in [0.5, 0.6) is 0 Å². The Bertz CT molecular complexity index is 1450. The summed E-state index contributed by atoms with van der Waals surface area (Å²) in [5, 5.41) is 18.5. The van der Waals surface area contributed by atoms with Crippen molar-refractivity contribution in [1.29, 1.82) is 0 Å². The maximum Gasteiger partial charge on any atom is 0.200 e. The summed E-state index contributed by atoms with van der Waals surface area (Å²) in [4.78, 5) is 20.0. The van der Waals surface area contributed by atoms with Crippen LogP contribution in [-0.2, 0) is 25.7 Å². The average Bonchev–Trinajstić information content (AvgIpc) is 3.05. The first kappa shape index (κ1) is 37.1. The normalized spacial score (nSPS) is 11.8. The lowest BCUT2D eigenvalue weighted by Crippen LogP contribution is -2.08. The molecule has 8 heteroatoms. The fraction of sp³-hybridized carbons (Fsp3) is 0.600. The van der Waals surface area contributed by atoms with E-state index in [1.807, 2.05) is 36.4 Å². The quantitative estimate of drug-likeness (QED) is 0.0988. The molecular weight excluding hydrogens is 592 g/mol. The van der Waals surface area contributed by atoms with Crippen LogP contribution in [0.2, 0.25) is 0 Å². The van der Waals surface area contributed by atoms with Gasteiger partial charge in [-0.2, -0.15) is 10.2 Å². The highest BCUT2D eigenvalue weighted by Crippen LogP contribution is 2.24. The van der Waals surface area contributed by atoms with Gasteiger partial charge in [-0.3, -0.25) is 0 Å². The van der Waals surface area contributed by atoms with Gasteiger partial charge in [-0.05, 0) is 99.3 Å². The minimum absolute atomic E-state index is 0.562. The van der Waals surface area contributed by atoms with E-state index in [-0.39, 0.29) is 0 Å². The minimum Gasteiger partial charge on any atom is -0.243 e. The molecule has 4 heterocycles. The van der Waals surface area contributed by atoms with Crippen molar-refractivity contribution in [3.05, 3.63) is 59.2 Å². The monoisotopic (exact) mass is 650 g/mol. The number of hydrogen-bond acceptors (Lipinski definition) is 8. The summed E-state index contributed by atoms with van der Waals surface area (Å²) in [6.45, 7) is 18.1. The van der Waals surface area contributed by atoms with Crippen molar-refractivity contribution < 1.29 is 0 Å². The fourth-order valence-electron chi connectivity index (χ4n) is 5.88. The van der Waals surface area contributed by atoms with Crippen LogP contribution in [0.15, 0.2) is 36.4 Å². The summed E-state index contributed by atoms with van der Waals surface area (Å²) in [6, 6.07) is 11.8. The molecule has 0 bridgehead atoms. The average molecular weight is 651 g/mol. The summed E-state index contributed by atoms with van der Waals surface area (Å²) in [5.41, 5.74) is 7.04. The molecule has 0 aliphatic rings. The van der Waals surface area contributed by atoms with Crippen molar-refractivity contribution in [3.8, 4) is 34.4 Å². The van der Waals surface area contributed by atoms with E-state index in [2.05, 4.69) is 75.8 Å². The molecule has 258 valence electrons. The third-order valence-electron chi connectivity index (χ3n) is 8.68. The van der Waals surface area contributed by atoms with Crippen LogP contribution >= 0.6 is 0 Å². The van der Waals surface area contributed by atoms with E-state index < -0.39 is 0 Å². The molecule has 0 spiro atoms. The van der Waals surface area contributed by atoms with Crippen LogP contribution < -0.4 is 0 Å². The first-order valence-corrected chi connectivity index (χ1v) is 18.5. The molecule has 48 heavy (non-hydrogen) atoms. The Hall–Kier alpha value is -3.68. The zero-order valence-corrected chi connectivity index (χ0v) is 30.8. The predicted octanol–water partition coefficient (Wildman–Crippen LogP) is 9.76. The second kappa shape index (κ2) is 18.8. The van der Waals surface area contributed by atoms with E-state index in [0.717, 1.165) is 85.5 Å². The zero-order chi connectivity index (χ0) is 34.5. The highest BCUT2D eigenvalue weighted by Gasteiger charge is 2.16. The van der Waals surface area contributed by atoms with Crippen molar-refractivity contribution in [2.24, 2.45) is 23.7 Å². The number of aromatic nitrogens is 8. The number of aryl methyl sites for hydroxylation is 4. The molecule has 0 aliphatic heterocycles. The highest BCUT2D eigenvalue weighted by molar-refractivity contribution is 5.62. The lowest BCUT2D eigenvalue weighted by molar-refractivity contribution is 0.538. The molecule has 0 aliphatic carbocycles. The summed E-state index contributed by atoms with van der Waals surface area (Å²) in [5.74, 6) is 3.80. The van der Waals surface area contributed by atoms with Crippen molar-refractivity contribution in [2.75, 3.05) is 0 Å². The second-order valence-electron chi connectivity index (χ2n) is 15.0. The van der Waals surface area contributed by atoms with Gasteiger partial charge in [0.25, 0.3) is 0 Å². The molecule has 8 nitrogen and oxygen atoms in total. The molecule has 0 atom stereocenters. The number of hydrogen-bond donors (Lipinski definition) is 0. The van der Waals surface area contributed by atoms with Crippen molar-refractivity contribution in [1.82, 2.24) is 40.3 Å². The van der Waals surface area contributed by atoms with Crippen LogP contribution in [0.1, 0.15) is 130 Å². The Morgan fingerprint density at radius 2 is 0.688 bits per heavy atom. The third kappa shape index (κ3) is 11.8. The second-order valence-corrected chi connectivity index (χ2v) is 15.0. The molecule has 4 aromatic rings. The maximum atomic E-state index is 5.04. The molecule has 4 rings (SSSR count). The summed E-state index contributed by atoms with van der Waals surface area (Å²) >= 11 is 0. The van der Waals surface area contributed by atoms with Gasteiger partial charge in [-0.25, -0.2) is 19.9 Å². The standard InChI is InChI=1S/C40H58N8/c1-27(2)15-9-19-33-35(23-11-17-29(5)6)45-47-39(43-33)37-25-13-21-31(41-37)32-22-14-26-38(42-32)40-44-34(20-10-16-28(3)4)36(46-48-40)24-12-18-30(7)8/h13-14,21-22,25-30H,9-12,15-20,23-24H2,1-8H3. The van der Waals surface area contributed by atoms with Gasteiger partial charge >= 0.3 is 0 Å². The smallest absolute Gasteiger partial charge is 0.200 e. The minimum atomic E-state index is 0.562. The van der Waals surface area contributed by atoms with Gasteiger partial charge in [0.15, 0.2) is 0 Å². The van der Waals surface area contributed by atoms with E-state index in [1.165, 1.54) is 25.7 Å². The Labute approximate surface area is 289 Å². The number of rotatable bonds is 19. The zero-order valence-electron chi connectivity index (χ0n) is 30.8. The lowest BCUT2D eigenvalue weighted by Gasteiger charge is -2.12. The molecule has 0 saturated heterocycles. The van der Waals surface area contributed by atoms with Crippen LogP contribution in [0.4, 0.5) is 0 Å². The van der Waals surface area contributed by atoms with Crippen molar-refractivity contribution in [3.63, 3.8) is 0 Å². The van der Waals surface area contributed by atoms with E-state index in [9.17, 15) is 0 Å². The van der Waals surface area contributed by atoms with Crippen LogP contribution in [0.25, 0.3) is 34.4 Å². The van der Waals surface area contributed by atoms with Gasteiger partial charge in [-0.1, -0.05) is 93.2 Å². The van der Waals surface area contributed by atoms with Crippen LogP contribution in [0, 0.1) is 23.7 Å². The van der Waals surface area contributed by atoms with Gasteiger partial charge in [0.2, 0.25) is 11.6 Å². The first-order valence-electron chi connectivity index (χ1n) is 18.5. The predicted molar refractivity (Wildman–Crippen MR) is 196 cm³/mol. The maximum absolute atomic E-state index is 5.04. The number of pyridine rings is 2. The molecule has 0 amide bonds. The summed E-state index contributed by atoms with van der Waals surface area (Å²) in [6.07, 6.45) is 12.7. The van der Waals surface area contributed by atoms with Gasteiger partial charge in [0.1, 0.15) is 11.4 Å². The van der Waals surface area contributed by atoms with E-state index in [1.54, 1.807) is 0 Å². The van der Waals surface area contributed by atoms with E-state index in [0.29, 0.717) is 46.7 Å². The molecule has 4 aromatic heterocycles.